The Balaban J connectivity index is 2.41. The first-order valence-corrected chi connectivity index (χ1v) is 7.02. The minimum atomic E-state index is -0.771. The van der Waals surface area contributed by atoms with Crippen LogP contribution in [-0.2, 0) is 4.79 Å². The van der Waals surface area contributed by atoms with Gasteiger partial charge in [0.25, 0.3) is 0 Å². The lowest BCUT2D eigenvalue weighted by molar-refractivity contribution is -0.133. The molecule has 106 valence electrons. The van der Waals surface area contributed by atoms with E-state index >= 15 is 0 Å². The summed E-state index contributed by atoms with van der Waals surface area (Å²) in [6, 6.07) is 13.8. The molecule has 2 rings (SSSR count). The lowest BCUT2D eigenvalue weighted by Crippen LogP contribution is -2.30. The van der Waals surface area contributed by atoms with E-state index in [1.165, 1.54) is 0 Å². The number of aliphatic hydroxyl groups excluding tert-OH is 1. The average Bonchev–Trinajstić information content (AvgIpc) is 2.43. The molecule has 0 aliphatic rings. The first-order chi connectivity index (χ1) is 9.32. The molecular formula is C18H22O2. The SMILES string of the molecule is C[C@@H](C(=O)C(C)(C)C)[C@@H](O)c1cccc2ccccc12. The Bertz CT molecular complexity index is 617. The number of carbonyl (C=O) groups excluding carboxylic acids is 1. The van der Waals surface area contributed by atoms with Gasteiger partial charge in [0.1, 0.15) is 5.78 Å². The second-order valence-corrected chi connectivity index (χ2v) is 6.42. The van der Waals surface area contributed by atoms with Gasteiger partial charge in [-0.3, -0.25) is 4.79 Å². The smallest absolute Gasteiger partial charge is 0.143 e. The molecule has 0 aromatic heterocycles. The predicted octanol–water partition coefficient (Wildman–Crippen LogP) is 4.12. The number of benzene rings is 2. The van der Waals surface area contributed by atoms with Crippen molar-refractivity contribution in [2.75, 3.05) is 0 Å². The van der Waals surface area contributed by atoms with Crippen molar-refractivity contribution in [3.63, 3.8) is 0 Å². The second kappa shape index (κ2) is 5.37. The number of carbonyl (C=O) groups is 1. The zero-order valence-electron chi connectivity index (χ0n) is 12.6. The van der Waals surface area contributed by atoms with Gasteiger partial charge < -0.3 is 5.11 Å². The second-order valence-electron chi connectivity index (χ2n) is 6.42. The molecule has 0 saturated carbocycles. The number of hydrogen-bond donors (Lipinski definition) is 1. The van der Waals surface area contributed by atoms with Crippen molar-refractivity contribution in [3.8, 4) is 0 Å². The molecule has 2 atom stereocenters. The molecule has 20 heavy (non-hydrogen) atoms. The van der Waals surface area contributed by atoms with E-state index in [-0.39, 0.29) is 5.78 Å². The van der Waals surface area contributed by atoms with E-state index in [0.717, 1.165) is 16.3 Å². The summed E-state index contributed by atoms with van der Waals surface area (Å²) in [7, 11) is 0. The van der Waals surface area contributed by atoms with Gasteiger partial charge in [-0.2, -0.15) is 0 Å². The summed E-state index contributed by atoms with van der Waals surface area (Å²) in [5.41, 5.74) is 0.388. The van der Waals surface area contributed by atoms with Gasteiger partial charge in [-0.25, -0.2) is 0 Å². The summed E-state index contributed by atoms with van der Waals surface area (Å²) in [6.45, 7) is 7.48. The van der Waals surface area contributed by atoms with Crippen molar-refractivity contribution in [2.24, 2.45) is 11.3 Å². The molecule has 0 aliphatic carbocycles. The van der Waals surface area contributed by atoms with E-state index in [0.29, 0.717) is 0 Å². The summed E-state index contributed by atoms with van der Waals surface area (Å²) >= 11 is 0. The Kier molecular flexibility index (Phi) is 3.96. The van der Waals surface area contributed by atoms with Crippen molar-refractivity contribution in [3.05, 3.63) is 48.0 Å². The maximum absolute atomic E-state index is 12.4. The summed E-state index contributed by atoms with van der Waals surface area (Å²) in [5, 5.41) is 12.7. The Morgan fingerprint density at radius 2 is 1.65 bits per heavy atom. The van der Waals surface area contributed by atoms with Gasteiger partial charge in [-0.1, -0.05) is 70.2 Å². The Morgan fingerprint density at radius 3 is 2.30 bits per heavy atom. The van der Waals surface area contributed by atoms with E-state index in [4.69, 9.17) is 0 Å². The van der Waals surface area contributed by atoms with Gasteiger partial charge in [0.2, 0.25) is 0 Å². The molecule has 2 nitrogen and oxygen atoms in total. The Morgan fingerprint density at radius 1 is 1.05 bits per heavy atom. The van der Waals surface area contributed by atoms with Crippen LogP contribution in [0.15, 0.2) is 42.5 Å². The standard InChI is InChI=1S/C18H22O2/c1-12(17(20)18(2,3)4)16(19)15-11-7-9-13-8-5-6-10-14(13)15/h5-12,16,19H,1-4H3/t12-,16-/m1/s1. The quantitative estimate of drug-likeness (QED) is 0.910. The van der Waals surface area contributed by atoms with Crippen LogP contribution < -0.4 is 0 Å². The average molecular weight is 270 g/mol. The highest BCUT2D eigenvalue weighted by Gasteiger charge is 2.32. The Hall–Kier alpha value is -1.67. The fraction of sp³-hybridized carbons (Fsp3) is 0.389. The van der Waals surface area contributed by atoms with Crippen LogP contribution in [0.4, 0.5) is 0 Å². The fourth-order valence-corrected chi connectivity index (χ4v) is 2.60. The van der Waals surface area contributed by atoms with Gasteiger partial charge >= 0.3 is 0 Å². The molecule has 0 fully saturated rings. The molecule has 2 aromatic rings. The highest BCUT2D eigenvalue weighted by molar-refractivity contribution is 5.89. The van der Waals surface area contributed by atoms with E-state index in [9.17, 15) is 9.90 Å². The van der Waals surface area contributed by atoms with Gasteiger partial charge in [0.15, 0.2) is 0 Å². The number of fused-ring (bicyclic) bond motifs is 1. The van der Waals surface area contributed by atoms with E-state index in [1.54, 1.807) is 6.92 Å². The molecular weight excluding hydrogens is 248 g/mol. The van der Waals surface area contributed by atoms with Gasteiger partial charge in [0.05, 0.1) is 6.10 Å². The summed E-state index contributed by atoms with van der Waals surface area (Å²) in [5.74, 6) is -0.334. The molecule has 0 aliphatic heterocycles. The van der Waals surface area contributed by atoms with Crippen LogP contribution in [-0.4, -0.2) is 10.9 Å². The number of rotatable bonds is 3. The first kappa shape index (κ1) is 14.7. The summed E-state index contributed by atoms with van der Waals surface area (Å²) in [4.78, 5) is 12.4. The third kappa shape index (κ3) is 2.75. The monoisotopic (exact) mass is 270 g/mol. The molecule has 0 spiro atoms. The first-order valence-electron chi connectivity index (χ1n) is 7.02. The zero-order chi connectivity index (χ0) is 14.9. The highest BCUT2D eigenvalue weighted by atomic mass is 16.3. The molecule has 0 radical (unpaired) electrons. The number of hydrogen-bond acceptors (Lipinski definition) is 2. The predicted molar refractivity (Wildman–Crippen MR) is 82.5 cm³/mol. The van der Waals surface area contributed by atoms with E-state index < -0.39 is 17.4 Å². The van der Waals surface area contributed by atoms with Crippen LogP contribution in [0.5, 0.6) is 0 Å². The lowest BCUT2D eigenvalue weighted by Gasteiger charge is -2.26. The highest BCUT2D eigenvalue weighted by Crippen LogP contribution is 2.33. The van der Waals surface area contributed by atoms with Crippen LogP contribution >= 0.6 is 0 Å². The van der Waals surface area contributed by atoms with E-state index in [1.807, 2.05) is 63.2 Å². The van der Waals surface area contributed by atoms with Crippen LogP contribution in [0.25, 0.3) is 10.8 Å². The molecule has 0 heterocycles. The molecule has 0 amide bonds. The lowest BCUT2D eigenvalue weighted by atomic mass is 9.79. The third-order valence-corrected chi connectivity index (χ3v) is 3.77. The molecule has 0 bridgehead atoms. The largest absolute Gasteiger partial charge is 0.388 e. The zero-order valence-corrected chi connectivity index (χ0v) is 12.6. The van der Waals surface area contributed by atoms with Crippen molar-refractivity contribution >= 4 is 16.6 Å². The maximum atomic E-state index is 12.4. The summed E-state index contributed by atoms with van der Waals surface area (Å²) in [6.07, 6.45) is -0.771. The van der Waals surface area contributed by atoms with Crippen LogP contribution in [0.3, 0.4) is 0 Å². The van der Waals surface area contributed by atoms with Crippen molar-refractivity contribution in [1.29, 1.82) is 0 Å². The summed E-state index contributed by atoms with van der Waals surface area (Å²) < 4.78 is 0. The molecule has 1 N–H and O–H groups in total. The molecule has 0 saturated heterocycles. The van der Waals surface area contributed by atoms with Gasteiger partial charge in [-0.15, -0.1) is 0 Å². The van der Waals surface area contributed by atoms with Crippen LogP contribution in [0.2, 0.25) is 0 Å². The maximum Gasteiger partial charge on any atom is 0.143 e. The number of aliphatic hydroxyl groups is 1. The van der Waals surface area contributed by atoms with Gasteiger partial charge in [-0.05, 0) is 16.3 Å². The number of ketones is 1. The third-order valence-electron chi connectivity index (χ3n) is 3.77. The minimum absolute atomic E-state index is 0.0814. The van der Waals surface area contributed by atoms with Crippen LogP contribution in [0, 0.1) is 11.3 Å². The fourth-order valence-electron chi connectivity index (χ4n) is 2.60. The molecule has 2 aromatic carbocycles. The normalized spacial score (nSPS) is 15.1. The Labute approximate surface area is 120 Å². The van der Waals surface area contributed by atoms with Crippen molar-refractivity contribution in [2.45, 2.75) is 33.8 Å². The molecule has 2 heteroatoms. The van der Waals surface area contributed by atoms with Crippen molar-refractivity contribution < 1.29 is 9.90 Å². The van der Waals surface area contributed by atoms with Crippen molar-refractivity contribution in [1.82, 2.24) is 0 Å². The van der Waals surface area contributed by atoms with E-state index in [2.05, 4.69) is 0 Å². The minimum Gasteiger partial charge on any atom is -0.388 e. The van der Waals surface area contributed by atoms with Crippen LogP contribution in [0.1, 0.15) is 39.4 Å². The van der Waals surface area contributed by atoms with Gasteiger partial charge in [0, 0.05) is 11.3 Å². The molecule has 0 unspecified atom stereocenters. The number of Topliss-reactive ketones (excluding diaryl/α,β-unsaturated/α-hetero) is 1. The topological polar surface area (TPSA) is 37.3 Å².